The number of hydrogen-bond donors (Lipinski definition) is 0. The summed E-state index contributed by atoms with van der Waals surface area (Å²) >= 11 is 0. The molecule has 0 aliphatic rings. The monoisotopic (exact) mass is 426 g/mol. The fraction of sp³-hybridized carbons (Fsp3) is 1.00. The van der Waals surface area contributed by atoms with Crippen molar-refractivity contribution in [2.45, 2.75) is 86.5 Å². The first-order valence-electron chi connectivity index (χ1n) is 10.7. The van der Waals surface area contributed by atoms with E-state index in [0.717, 1.165) is 5.40 Å². The molecular weight excluding hydrogens is 376 g/mol. The minimum Gasteiger partial charge on any atom is -0.1000 e. The van der Waals surface area contributed by atoms with Crippen LogP contribution >= 0.6 is 31.7 Å². The Morgan fingerprint density at radius 3 is 0.920 bits per heavy atom. The van der Waals surface area contributed by atoms with Gasteiger partial charge in [0.25, 0.3) is 0 Å². The minimum atomic E-state index is 0.278. The highest BCUT2D eigenvalue weighted by Crippen LogP contribution is 2.66. The molecule has 0 aliphatic heterocycles. The Balaban J connectivity index is 0. The summed E-state index contributed by atoms with van der Waals surface area (Å²) in [7, 11) is 1.28. The van der Waals surface area contributed by atoms with E-state index in [1.54, 1.807) is 0 Å². The van der Waals surface area contributed by atoms with Crippen molar-refractivity contribution < 1.29 is 0 Å². The SMILES string of the molecule is CCP(CC)C(C)(C)P(CC)CC.CCP(CC)C(C)P(CC)CC. The van der Waals surface area contributed by atoms with E-state index in [-0.39, 0.29) is 15.8 Å². The molecule has 0 atom stereocenters. The molecule has 0 amide bonds. The van der Waals surface area contributed by atoms with Gasteiger partial charge >= 0.3 is 0 Å². The Labute approximate surface area is 167 Å². The predicted molar refractivity (Wildman–Crippen MR) is 136 cm³/mol. The molecule has 25 heavy (non-hydrogen) atoms. The van der Waals surface area contributed by atoms with E-state index in [0.29, 0.717) is 20.7 Å². The lowest BCUT2D eigenvalue weighted by atomic mass is 10.5. The van der Waals surface area contributed by atoms with Crippen LogP contribution in [0.5, 0.6) is 0 Å². The van der Waals surface area contributed by atoms with Crippen LogP contribution in [0, 0.1) is 0 Å². The first-order valence-corrected chi connectivity index (χ1v) is 17.7. The highest BCUT2D eigenvalue weighted by atomic mass is 31.2. The van der Waals surface area contributed by atoms with Gasteiger partial charge in [-0.15, -0.1) is 0 Å². The van der Waals surface area contributed by atoms with Gasteiger partial charge in [-0.05, 0) is 54.7 Å². The number of rotatable bonds is 12. The van der Waals surface area contributed by atoms with Gasteiger partial charge in [-0.1, -0.05) is 108 Å². The standard InChI is InChI=1S/C11H26P2.C10H24P2/c1-7-12(8-2)11(5,6)13(9-3)10-4;1-6-11(7-2)10(5)12(8-3)9-4/h7-10H2,1-6H3;10H,6-9H2,1-5H3. The highest BCUT2D eigenvalue weighted by Gasteiger charge is 2.32. The van der Waals surface area contributed by atoms with E-state index in [9.17, 15) is 0 Å². The topological polar surface area (TPSA) is 0 Å². The van der Waals surface area contributed by atoms with Crippen molar-refractivity contribution in [3.63, 3.8) is 0 Å². The van der Waals surface area contributed by atoms with Crippen molar-refractivity contribution in [2.24, 2.45) is 0 Å². The molecule has 0 bridgehead atoms. The lowest BCUT2D eigenvalue weighted by molar-refractivity contribution is 0.961. The van der Waals surface area contributed by atoms with E-state index in [1.165, 1.54) is 49.3 Å². The van der Waals surface area contributed by atoms with Gasteiger partial charge in [0.05, 0.1) is 0 Å². The highest BCUT2D eigenvalue weighted by molar-refractivity contribution is 7.77. The molecular formula is C21H50P4. The molecule has 0 aromatic carbocycles. The summed E-state index contributed by atoms with van der Waals surface area (Å²) in [6.07, 6.45) is 11.4. The average Bonchev–Trinajstić information content (AvgIpc) is 2.59. The zero-order chi connectivity index (χ0) is 20.0. The molecule has 0 unspecified atom stereocenters. The molecule has 0 radical (unpaired) electrons. The van der Waals surface area contributed by atoms with Crippen LogP contribution in [0.2, 0.25) is 0 Å². The van der Waals surface area contributed by atoms with Crippen LogP contribution in [0.3, 0.4) is 0 Å². The van der Waals surface area contributed by atoms with Gasteiger partial charge in [0.1, 0.15) is 0 Å². The molecule has 0 rings (SSSR count). The number of hydrogen-bond acceptors (Lipinski definition) is 0. The maximum absolute atomic E-state index is 2.52. The molecule has 4 heteroatoms. The maximum atomic E-state index is 2.52. The molecule has 0 saturated carbocycles. The van der Waals surface area contributed by atoms with E-state index >= 15 is 0 Å². The summed E-state index contributed by atoms with van der Waals surface area (Å²) in [5, 5.41) is 1.06. The lowest BCUT2D eigenvalue weighted by Crippen LogP contribution is -2.19. The third kappa shape index (κ3) is 10.2. The summed E-state index contributed by atoms with van der Waals surface area (Å²) in [6, 6.07) is 0. The van der Waals surface area contributed by atoms with Crippen LogP contribution in [0.1, 0.15) is 76.2 Å². The Kier molecular flexibility index (Phi) is 19.3. The molecule has 0 fully saturated rings. The molecule has 0 aliphatic carbocycles. The van der Waals surface area contributed by atoms with E-state index in [1.807, 2.05) is 0 Å². The van der Waals surface area contributed by atoms with E-state index in [4.69, 9.17) is 0 Å². The Bertz CT molecular complexity index is 252. The quantitative estimate of drug-likeness (QED) is 0.273. The summed E-state index contributed by atoms with van der Waals surface area (Å²) in [4.78, 5) is 0.664. The first kappa shape index (κ1) is 28.9. The van der Waals surface area contributed by atoms with Gasteiger partial charge in [-0.3, -0.25) is 0 Å². The molecule has 0 heterocycles. The Morgan fingerprint density at radius 2 is 0.760 bits per heavy atom. The fourth-order valence-electron chi connectivity index (χ4n) is 3.93. The van der Waals surface area contributed by atoms with Gasteiger partial charge in [-0.2, -0.15) is 0 Å². The molecule has 0 spiro atoms. The van der Waals surface area contributed by atoms with Crippen molar-refractivity contribution >= 4 is 31.7 Å². The zero-order valence-electron chi connectivity index (χ0n) is 19.5. The fourth-order valence-corrected chi connectivity index (χ4v) is 18.0. The summed E-state index contributed by atoms with van der Waals surface area (Å²) in [5.74, 6) is 0. The summed E-state index contributed by atoms with van der Waals surface area (Å²) in [6.45, 7) is 26.5. The van der Waals surface area contributed by atoms with Crippen LogP contribution in [0.15, 0.2) is 0 Å². The van der Waals surface area contributed by atoms with E-state index in [2.05, 4.69) is 76.2 Å². The molecule has 154 valence electrons. The Morgan fingerprint density at radius 1 is 0.520 bits per heavy atom. The van der Waals surface area contributed by atoms with Gasteiger partial charge in [0.15, 0.2) is 0 Å². The molecule has 0 nitrogen and oxygen atoms in total. The third-order valence-corrected chi connectivity index (χ3v) is 20.9. The largest absolute Gasteiger partial charge is 0.1000 e. The predicted octanol–water partition coefficient (Wildman–Crippen LogP) is 9.14. The van der Waals surface area contributed by atoms with Crippen molar-refractivity contribution in [3.05, 3.63) is 0 Å². The van der Waals surface area contributed by atoms with Gasteiger partial charge < -0.3 is 0 Å². The van der Waals surface area contributed by atoms with Gasteiger partial charge in [0, 0.05) is 4.90 Å². The zero-order valence-corrected chi connectivity index (χ0v) is 23.1. The van der Waals surface area contributed by atoms with Crippen molar-refractivity contribution in [3.8, 4) is 0 Å². The smallest absolute Gasteiger partial charge is 0.00493 e. The van der Waals surface area contributed by atoms with Crippen LogP contribution in [-0.4, -0.2) is 59.6 Å². The molecule has 0 aromatic heterocycles. The lowest BCUT2D eigenvalue weighted by Gasteiger charge is -2.40. The normalized spacial score (nSPS) is 12.5. The second-order valence-electron chi connectivity index (χ2n) is 6.91. The molecule has 0 saturated heterocycles. The average molecular weight is 427 g/mol. The minimum absolute atomic E-state index is 0.278. The van der Waals surface area contributed by atoms with Crippen LogP contribution in [-0.2, 0) is 0 Å². The first-order chi connectivity index (χ1) is 11.7. The van der Waals surface area contributed by atoms with Crippen LogP contribution in [0.4, 0.5) is 0 Å². The van der Waals surface area contributed by atoms with Crippen LogP contribution in [0.25, 0.3) is 0 Å². The van der Waals surface area contributed by atoms with Crippen molar-refractivity contribution in [1.82, 2.24) is 0 Å². The maximum Gasteiger partial charge on any atom is 0.00493 e. The molecule has 0 aromatic rings. The van der Waals surface area contributed by atoms with Crippen LogP contribution < -0.4 is 0 Å². The van der Waals surface area contributed by atoms with E-state index < -0.39 is 0 Å². The van der Waals surface area contributed by atoms with Crippen molar-refractivity contribution in [1.29, 1.82) is 0 Å². The van der Waals surface area contributed by atoms with Crippen molar-refractivity contribution in [2.75, 3.05) is 49.3 Å². The second-order valence-corrected chi connectivity index (χ2v) is 21.0. The molecule has 0 N–H and O–H groups in total. The Hall–Kier alpha value is 1.72. The summed E-state index contributed by atoms with van der Waals surface area (Å²) < 4.78 is 0. The van der Waals surface area contributed by atoms with Gasteiger partial charge in [0.2, 0.25) is 0 Å². The van der Waals surface area contributed by atoms with Gasteiger partial charge in [-0.25, -0.2) is 0 Å². The summed E-state index contributed by atoms with van der Waals surface area (Å²) in [5.41, 5.74) is 0. The third-order valence-electron chi connectivity index (χ3n) is 5.76. The second kappa shape index (κ2) is 16.7.